The number of imidazole rings is 1. The summed E-state index contributed by atoms with van der Waals surface area (Å²) in [6.45, 7) is 3.78. The average Bonchev–Trinajstić information content (AvgIpc) is 2.82. The second-order valence-corrected chi connectivity index (χ2v) is 6.95. The van der Waals surface area contributed by atoms with Crippen molar-refractivity contribution in [1.29, 1.82) is 0 Å². The third-order valence-electron chi connectivity index (χ3n) is 3.88. The molecule has 4 N–H and O–H groups in total. The fraction of sp³-hybridized carbons (Fsp3) is 0.533. The molecule has 1 aromatic carbocycles. The van der Waals surface area contributed by atoms with Gasteiger partial charge in [0.15, 0.2) is 6.23 Å². The number of halogens is 2. The summed E-state index contributed by atoms with van der Waals surface area (Å²) in [6.07, 6.45) is -4.72. The lowest BCUT2D eigenvalue weighted by Gasteiger charge is -2.36. The van der Waals surface area contributed by atoms with Crippen molar-refractivity contribution < 1.29 is 20.1 Å². The summed E-state index contributed by atoms with van der Waals surface area (Å²) in [6, 6.07) is 3.33. The molecule has 0 bridgehead atoms. The molecular formula is C15H19Cl2N3O4. The highest BCUT2D eigenvalue weighted by Crippen LogP contribution is 2.35. The van der Waals surface area contributed by atoms with Crippen molar-refractivity contribution in [3.05, 3.63) is 22.2 Å². The SMILES string of the molecule is CC(C)Nc1nc2cc(Cl)c(Cl)cc2n1[C@H]1OC[C@@H](O)[C@@H](O)[C@@H]1O. The van der Waals surface area contributed by atoms with Crippen LogP contribution >= 0.6 is 23.2 Å². The monoisotopic (exact) mass is 375 g/mol. The maximum Gasteiger partial charge on any atom is 0.206 e. The molecule has 1 saturated heterocycles. The number of aliphatic hydroxyl groups excluding tert-OH is 3. The quantitative estimate of drug-likeness (QED) is 0.652. The van der Waals surface area contributed by atoms with Crippen LogP contribution < -0.4 is 5.32 Å². The van der Waals surface area contributed by atoms with Crippen LogP contribution in [0.25, 0.3) is 11.0 Å². The highest BCUT2D eigenvalue weighted by molar-refractivity contribution is 6.42. The molecule has 0 spiro atoms. The molecule has 132 valence electrons. The standard InChI is InChI=1S/C15H19Cl2N3O4/c1-6(2)18-15-19-9-3-7(16)8(17)4-10(9)20(15)14-13(23)12(22)11(21)5-24-14/h3-4,6,11-14,21-23H,5H2,1-2H3,(H,18,19)/t11-,12-,13+,14+/m1/s1. The lowest BCUT2D eigenvalue weighted by Crippen LogP contribution is -2.50. The fourth-order valence-corrected chi connectivity index (χ4v) is 3.04. The van der Waals surface area contributed by atoms with Gasteiger partial charge >= 0.3 is 0 Å². The largest absolute Gasteiger partial charge is 0.388 e. The first-order chi connectivity index (χ1) is 11.3. The molecule has 9 heteroatoms. The van der Waals surface area contributed by atoms with E-state index in [9.17, 15) is 15.3 Å². The van der Waals surface area contributed by atoms with Crippen LogP contribution in [-0.2, 0) is 4.74 Å². The van der Waals surface area contributed by atoms with Gasteiger partial charge in [0.1, 0.15) is 18.3 Å². The highest BCUT2D eigenvalue weighted by atomic mass is 35.5. The molecule has 2 aromatic rings. The van der Waals surface area contributed by atoms with Gasteiger partial charge < -0.3 is 25.4 Å². The molecule has 0 radical (unpaired) electrons. The van der Waals surface area contributed by atoms with E-state index in [4.69, 9.17) is 27.9 Å². The molecule has 3 rings (SSSR count). The summed E-state index contributed by atoms with van der Waals surface area (Å²) in [5, 5.41) is 33.9. The summed E-state index contributed by atoms with van der Waals surface area (Å²) in [5.74, 6) is 0.450. The van der Waals surface area contributed by atoms with Gasteiger partial charge in [0.25, 0.3) is 0 Å². The molecule has 0 saturated carbocycles. The Hall–Kier alpha value is -1.09. The number of nitrogens with one attached hydrogen (secondary N) is 1. The topological polar surface area (TPSA) is 99.8 Å². The van der Waals surface area contributed by atoms with Crippen LogP contribution in [0.15, 0.2) is 12.1 Å². The Labute approximate surface area is 148 Å². The van der Waals surface area contributed by atoms with Crippen molar-refractivity contribution in [2.45, 2.75) is 44.4 Å². The van der Waals surface area contributed by atoms with E-state index in [1.807, 2.05) is 13.8 Å². The Bertz CT molecular complexity index is 752. The number of aromatic nitrogens is 2. The van der Waals surface area contributed by atoms with Crippen LogP contribution in [0.5, 0.6) is 0 Å². The maximum absolute atomic E-state index is 10.4. The lowest BCUT2D eigenvalue weighted by molar-refractivity contribution is -0.209. The summed E-state index contributed by atoms with van der Waals surface area (Å²) in [7, 11) is 0. The molecule has 0 amide bonds. The minimum atomic E-state index is -1.33. The third-order valence-corrected chi connectivity index (χ3v) is 4.60. The first-order valence-electron chi connectivity index (χ1n) is 7.59. The lowest BCUT2D eigenvalue weighted by atomic mass is 10.0. The molecule has 1 aromatic heterocycles. The summed E-state index contributed by atoms with van der Waals surface area (Å²) >= 11 is 12.2. The summed E-state index contributed by atoms with van der Waals surface area (Å²) in [5.41, 5.74) is 1.17. The molecule has 7 nitrogen and oxygen atoms in total. The van der Waals surface area contributed by atoms with Crippen molar-refractivity contribution in [2.75, 3.05) is 11.9 Å². The average molecular weight is 376 g/mol. The molecule has 1 fully saturated rings. The van der Waals surface area contributed by atoms with E-state index in [1.54, 1.807) is 16.7 Å². The van der Waals surface area contributed by atoms with Crippen LogP contribution in [0.3, 0.4) is 0 Å². The highest BCUT2D eigenvalue weighted by Gasteiger charge is 2.40. The van der Waals surface area contributed by atoms with E-state index in [0.29, 0.717) is 27.0 Å². The van der Waals surface area contributed by atoms with E-state index < -0.39 is 24.5 Å². The number of aliphatic hydroxyl groups is 3. The van der Waals surface area contributed by atoms with Crippen LogP contribution in [0.4, 0.5) is 5.95 Å². The minimum Gasteiger partial charge on any atom is -0.388 e. The molecule has 2 heterocycles. The molecule has 1 aliphatic heterocycles. The van der Waals surface area contributed by atoms with Crippen LogP contribution in [0, 0.1) is 0 Å². The number of rotatable bonds is 3. The zero-order chi connectivity index (χ0) is 17.6. The smallest absolute Gasteiger partial charge is 0.206 e. The van der Waals surface area contributed by atoms with Crippen molar-refractivity contribution in [3.8, 4) is 0 Å². The number of hydrogen-bond donors (Lipinski definition) is 4. The van der Waals surface area contributed by atoms with Crippen LogP contribution in [-0.4, -0.2) is 55.8 Å². The summed E-state index contributed by atoms with van der Waals surface area (Å²) < 4.78 is 7.19. The summed E-state index contributed by atoms with van der Waals surface area (Å²) in [4.78, 5) is 4.48. The van der Waals surface area contributed by atoms with Crippen molar-refractivity contribution in [3.63, 3.8) is 0 Å². The zero-order valence-corrected chi connectivity index (χ0v) is 14.7. The van der Waals surface area contributed by atoms with E-state index in [0.717, 1.165) is 0 Å². The second kappa shape index (κ2) is 6.67. The number of nitrogens with zero attached hydrogens (tertiary/aromatic N) is 2. The normalized spacial score (nSPS) is 27.8. The van der Waals surface area contributed by atoms with Gasteiger partial charge in [0, 0.05) is 6.04 Å². The molecule has 0 unspecified atom stereocenters. The van der Waals surface area contributed by atoms with E-state index in [-0.39, 0.29) is 12.6 Å². The van der Waals surface area contributed by atoms with Gasteiger partial charge in [-0.15, -0.1) is 0 Å². The van der Waals surface area contributed by atoms with Gasteiger partial charge in [-0.2, -0.15) is 0 Å². The second-order valence-electron chi connectivity index (χ2n) is 6.13. The molecule has 24 heavy (non-hydrogen) atoms. The maximum atomic E-state index is 10.4. The molecule has 4 atom stereocenters. The Balaban J connectivity index is 2.15. The third kappa shape index (κ3) is 3.08. The Morgan fingerprint density at radius 1 is 1.21 bits per heavy atom. The number of anilines is 1. The van der Waals surface area contributed by atoms with Crippen molar-refractivity contribution >= 4 is 40.2 Å². The van der Waals surface area contributed by atoms with Gasteiger partial charge in [-0.3, -0.25) is 4.57 Å². The Morgan fingerprint density at radius 3 is 2.54 bits per heavy atom. The first-order valence-corrected chi connectivity index (χ1v) is 8.34. The molecule has 0 aliphatic carbocycles. The molecule has 1 aliphatic rings. The Morgan fingerprint density at radius 2 is 1.88 bits per heavy atom. The van der Waals surface area contributed by atoms with Gasteiger partial charge in [-0.05, 0) is 26.0 Å². The predicted molar refractivity (Wildman–Crippen MR) is 91.5 cm³/mol. The predicted octanol–water partition coefficient (Wildman–Crippen LogP) is 1.77. The van der Waals surface area contributed by atoms with Gasteiger partial charge in [-0.25, -0.2) is 4.98 Å². The van der Waals surface area contributed by atoms with Gasteiger partial charge in [0.05, 0.1) is 27.7 Å². The number of ether oxygens (including phenoxy) is 1. The fourth-order valence-electron chi connectivity index (χ4n) is 2.73. The van der Waals surface area contributed by atoms with Crippen LogP contribution in [0.1, 0.15) is 20.1 Å². The van der Waals surface area contributed by atoms with Gasteiger partial charge in [-0.1, -0.05) is 23.2 Å². The Kier molecular flexibility index (Phi) is 4.92. The van der Waals surface area contributed by atoms with Crippen molar-refractivity contribution in [2.24, 2.45) is 0 Å². The number of fused-ring (bicyclic) bond motifs is 1. The molecular weight excluding hydrogens is 357 g/mol. The van der Waals surface area contributed by atoms with E-state index >= 15 is 0 Å². The number of benzene rings is 1. The van der Waals surface area contributed by atoms with E-state index in [2.05, 4.69) is 10.3 Å². The van der Waals surface area contributed by atoms with Gasteiger partial charge in [0.2, 0.25) is 5.95 Å². The minimum absolute atomic E-state index is 0.0720. The van der Waals surface area contributed by atoms with Crippen LogP contribution in [0.2, 0.25) is 10.0 Å². The van der Waals surface area contributed by atoms with Crippen molar-refractivity contribution in [1.82, 2.24) is 9.55 Å². The zero-order valence-electron chi connectivity index (χ0n) is 13.1. The first kappa shape index (κ1) is 17.7. The van der Waals surface area contributed by atoms with E-state index in [1.165, 1.54) is 0 Å². The number of hydrogen-bond acceptors (Lipinski definition) is 6.